The molecule has 0 unspecified atom stereocenters. The molecule has 6 nitrogen and oxygen atoms in total. The van der Waals surface area contributed by atoms with Gasteiger partial charge >= 0.3 is 0 Å². The summed E-state index contributed by atoms with van der Waals surface area (Å²) in [5.74, 6) is 0.790. The van der Waals surface area contributed by atoms with E-state index in [0.717, 1.165) is 139 Å². The zero-order valence-electron chi connectivity index (χ0n) is 43.7. The summed E-state index contributed by atoms with van der Waals surface area (Å²) in [5, 5.41) is 11.3. The molecule has 0 aliphatic rings. The van der Waals surface area contributed by atoms with Crippen molar-refractivity contribution in [3.05, 3.63) is 279 Å². The van der Waals surface area contributed by atoms with Crippen molar-refractivity contribution in [2.75, 3.05) is 0 Å². The average molecular weight is 1030 g/mol. The molecular weight excluding hydrogens is 985 g/mol. The number of para-hydroxylation sites is 1. The van der Waals surface area contributed by atoms with Crippen molar-refractivity contribution in [2.24, 2.45) is 0 Å². The normalized spacial score (nSPS) is 11.7. The van der Waals surface area contributed by atoms with Gasteiger partial charge in [-0.25, -0.2) is 15.0 Å². The van der Waals surface area contributed by atoms with Gasteiger partial charge in [-0.2, -0.15) is 0 Å². The van der Waals surface area contributed by atoms with E-state index in [4.69, 9.17) is 24.9 Å². The van der Waals surface area contributed by atoms with Crippen LogP contribution in [-0.2, 0) is 0 Å². The summed E-state index contributed by atoms with van der Waals surface area (Å²) in [4.78, 5) is 26.7. The second kappa shape index (κ2) is 18.9. The lowest BCUT2D eigenvalue weighted by atomic mass is 9.92. The van der Waals surface area contributed by atoms with Crippen molar-refractivity contribution in [3.63, 3.8) is 0 Å². The lowest BCUT2D eigenvalue weighted by molar-refractivity contribution is 1.11. The van der Waals surface area contributed by atoms with Crippen molar-refractivity contribution in [2.45, 2.75) is 0 Å². The van der Waals surface area contributed by atoms with E-state index >= 15 is 0 Å². The standard InChI is InChI=1S/C75H46N6/c1-2-22-64(23-3-1)81-74-66-25-13-35-77-72(66)71-65(24-12-34-76-71)73(74)80-75(81)63-41-59(61-43-67(55-30-26-47-14-4-8-18-51(47)36-55)78-68(44-61)56-31-27-48-15-5-9-19-52(48)37-56)40-60(42-63)62-45-69(57-32-28-49-16-6-10-20-53(49)38-57)79-70(46-62)58-33-29-50-17-7-11-21-54(50)39-58/h1-46H. The lowest BCUT2D eigenvalue weighted by Gasteiger charge is -2.17. The molecule has 0 amide bonds. The van der Waals surface area contributed by atoms with Gasteiger partial charge in [-0.05, 0) is 168 Å². The molecule has 5 heterocycles. The summed E-state index contributed by atoms with van der Waals surface area (Å²) >= 11 is 0. The maximum atomic E-state index is 5.75. The highest BCUT2D eigenvalue weighted by atomic mass is 15.1. The van der Waals surface area contributed by atoms with Gasteiger partial charge in [0.25, 0.3) is 0 Å². The molecule has 0 saturated heterocycles. The fraction of sp³-hybridized carbons (Fsp3) is 0. The van der Waals surface area contributed by atoms with Gasteiger partial charge in [-0.15, -0.1) is 0 Å². The van der Waals surface area contributed by atoms with E-state index in [1.807, 2.05) is 24.5 Å². The number of pyridine rings is 4. The third kappa shape index (κ3) is 8.16. The monoisotopic (exact) mass is 1030 g/mol. The van der Waals surface area contributed by atoms with E-state index in [0.29, 0.717) is 0 Å². The van der Waals surface area contributed by atoms with Crippen molar-refractivity contribution >= 4 is 75.9 Å². The Hall–Kier alpha value is -11.0. The molecule has 376 valence electrons. The Morgan fingerprint density at radius 3 is 1.02 bits per heavy atom. The fourth-order valence-corrected chi connectivity index (χ4v) is 11.9. The number of imidazole rings is 1. The third-order valence-corrected chi connectivity index (χ3v) is 15.9. The third-order valence-electron chi connectivity index (χ3n) is 15.9. The van der Waals surface area contributed by atoms with E-state index in [1.54, 1.807) is 0 Å². The van der Waals surface area contributed by atoms with Gasteiger partial charge < -0.3 is 0 Å². The second-order valence-electron chi connectivity index (χ2n) is 20.9. The molecule has 0 aliphatic heterocycles. The number of fused-ring (bicyclic) bond motifs is 10. The predicted octanol–water partition coefficient (Wildman–Crippen LogP) is 19.2. The maximum Gasteiger partial charge on any atom is 0.145 e. The minimum absolute atomic E-state index is 0.790. The van der Waals surface area contributed by atoms with E-state index in [-0.39, 0.29) is 0 Å². The zero-order chi connectivity index (χ0) is 53.4. The molecule has 0 fully saturated rings. The van der Waals surface area contributed by atoms with Crippen LogP contribution in [0.1, 0.15) is 0 Å². The van der Waals surface area contributed by atoms with Crippen molar-refractivity contribution in [1.29, 1.82) is 0 Å². The first-order valence-electron chi connectivity index (χ1n) is 27.4. The average Bonchev–Trinajstić information content (AvgIpc) is 4.21. The van der Waals surface area contributed by atoms with Gasteiger partial charge in [-0.1, -0.05) is 164 Å². The molecule has 11 aromatic carbocycles. The quantitative estimate of drug-likeness (QED) is 0.142. The van der Waals surface area contributed by atoms with E-state index in [2.05, 4.69) is 259 Å². The molecule has 5 aromatic heterocycles. The van der Waals surface area contributed by atoms with Crippen LogP contribution in [0.5, 0.6) is 0 Å². The number of benzene rings is 11. The van der Waals surface area contributed by atoms with Gasteiger partial charge in [-0.3, -0.25) is 14.5 Å². The van der Waals surface area contributed by atoms with Crippen molar-refractivity contribution < 1.29 is 0 Å². The molecular formula is C75H46N6. The van der Waals surface area contributed by atoms with Crippen molar-refractivity contribution in [1.82, 2.24) is 29.5 Å². The van der Waals surface area contributed by atoms with Gasteiger partial charge in [0.05, 0.1) is 44.8 Å². The fourth-order valence-electron chi connectivity index (χ4n) is 11.9. The molecule has 16 rings (SSSR count). The lowest BCUT2D eigenvalue weighted by Crippen LogP contribution is -1.99. The Morgan fingerprint density at radius 1 is 0.235 bits per heavy atom. The Kier molecular flexibility index (Phi) is 10.8. The summed E-state index contributed by atoms with van der Waals surface area (Å²) in [7, 11) is 0. The van der Waals surface area contributed by atoms with Gasteiger partial charge in [0.2, 0.25) is 0 Å². The number of hydrogen-bond donors (Lipinski definition) is 0. The Balaban J connectivity index is 1.000. The molecule has 0 aliphatic carbocycles. The molecule has 0 N–H and O–H groups in total. The summed E-state index contributed by atoms with van der Waals surface area (Å²) in [6.07, 6.45) is 3.69. The Bertz CT molecular complexity index is 4780. The van der Waals surface area contributed by atoms with Gasteiger partial charge in [0.1, 0.15) is 5.82 Å². The zero-order valence-corrected chi connectivity index (χ0v) is 43.7. The van der Waals surface area contributed by atoms with Crippen LogP contribution in [0.2, 0.25) is 0 Å². The van der Waals surface area contributed by atoms with Crippen LogP contribution in [0.4, 0.5) is 0 Å². The van der Waals surface area contributed by atoms with Crippen molar-refractivity contribution in [3.8, 4) is 84.4 Å². The first kappa shape index (κ1) is 46.2. The molecule has 0 spiro atoms. The first-order valence-corrected chi connectivity index (χ1v) is 27.4. The topological polar surface area (TPSA) is 69.4 Å². The molecule has 0 atom stereocenters. The molecule has 16 aromatic rings. The van der Waals surface area contributed by atoms with Crippen LogP contribution < -0.4 is 0 Å². The molecule has 0 saturated carbocycles. The molecule has 81 heavy (non-hydrogen) atoms. The largest absolute Gasteiger partial charge is 0.292 e. The SMILES string of the molecule is c1ccc(-n2c(-c3cc(-c4cc(-c5ccc6ccccc6c5)nc(-c5ccc6ccccc6c5)c4)cc(-c4cc(-c5ccc6ccccc6c5)nc(-c5ccc6ccccc6c5)c4)c3)nc3c4cccnc4c4ncccc4c32)cc1. The molecule has 0 radical (unpaired) electrons. The number of aromatic nitrogens is 6. The van der Waals surface area contributed by atoms with Crippen LogP contribution in [0.3, 0.4) is 0 Å². The van der Waals surface area contributed by atoms with Gasteiger partial charge in [0, 0.05) is 56.7 Å². The van der Waals surface area contributed by atoms with E-state index < -0.39 is 0 Å². The second-order valence-corrected chi connectivity index (χ2v) is 20.9. The van der Waals surface area contributed by atoms with Crippen LogP contribution in [0, 0.1) is 0 Å². The minimum Gasteiger partial charge on any atom is -0.292 e. The summed E-state index contributed by atoms with van der Waals surface area (Å²) in [5.41, 5.74) is 17.1. The minimum atomic E-state index is 0.790. The number of rotatable bonds is 8. The van der Waals surface area contributed by atoms with Crippen LogP contribution in [0.25, 0.3) is 160 Å². The summed E-state index contributed by atoms with van der Waals surface area (Å²) in [6, 6.07) is 95.5. The maximum absolute atomic E-state index is 5.75. The highest BCUT2D eigenvalue weighted by molar-refractivity contribution is 6.22. The summed E-state index contributed by atoms with van der Waals surface area (Å²) < 4.78 is 2.32. The smallest absolute Gasteiger partial charge is 0.145 e. The van der Waals surface area contributed by atoms with Crippen LogP contribution in [0.15, 0.2) is 279 Å². The Morgan fingerprint density at radius 2 is 0.593 bits per heavy atom. The first-order chi connectivity index (χ1) is 40.1. The highest BCUT2D eigenvalue weighted by Gasteiger charge is 2.23. The molecule has 6 heteroatoms. The van der Waals surface area contributed by atoms with Crippen LogP contribution in [-0.4, -0.2) is 29.5 Å². The number of hydrogen-bond acceptors (Lipinski definition) is 5. The van der Waals surface area contributed by atoms with E-state index in [1.165, 1.54) is 21.5 Å². The summed E-state index contributed by atoms with van der Waals surface area (Å²) in [6.45, 7) is 0. The Labute approximate surface area is 466 Å². The van der Waals surface area contributed by atoms with Gasteiger partial charge in [0.15, 0.2) is 0 Å². The highest BCUT2D eigenvalue weighted by Crippen LogP contribution is 2.43. The predicted molar refractivity (Wildman–Crippen MR) is 335 cm³/mol. The van der Waals surface area contributed by atoms with Crippen LogP contribution >= 0.6 is 0 Å². The molecule has 0 bridgehead atoms. The number of nitrogens with zero attached hydrogens (tertiary/aromatic N) is 6. The van der Waals surface area contributed by atoms with E-state index in [9.17, 15) is 0 Å².